The number of anilines is 1. The van der Waals surface area contributed by atoms with Gasteiger partial charge >= 0.3 is 0 Å². The molecule has 1 aromatic rings. The summed E-state index contributed by atoms with van der Waals surface area (Å²) in [6.07, 6.45) is 4.94. The van der Waals surface area contributed by atoms with Gasteiger partial charge in [-0.3, -0.25) is 0 Å². The molecule has 1 saturated heterocycles. The number of hydrogen-bond acceptors (Lipinski definition) is 5. The molecule has 1 atom stereocenters. The van der Waals surface area contributed by atoms with Gasteiger partial charge in [-0.15, -0.1) is 0 Å². The van der Waals surface area contributed by atoms with Crippen molar-refractivity contribution in [2.24, 2.45) is 11.7 Å². The maximum Gasteiger partial charge on any atom is 0.205 e. The van der Waals surface area contributed by atoms with Crippen molar-refractivity contribution in [2.45, 2.75) is 44.6 Å². The van der Waals surface area contributed by atoms with Gasteiger partial charge in [0.1, 0.15) is 5.82 Å². The van der Waals surface area contributed by atoms with Crippen LogP contribution in [0.1, 0.15) is 44.3 Å². The lowest BCUT2D eigenvalue weighted by atomic mass is 9.91. The maximum absolute atomic E-state index is 5.96. The Morgan fingerprint density at radius 2 is 2.00 bits per heavy atom. The Kier molecular flexibility index (Phi) is 3.04. The Morgan fingerprint density at radius 3 is 2.59 bits per heavy atom. The van der Waals surface area contributed by atoms with Crippen molar-refractivity contribution in [1.82, 2.24) is 9.36 Å². The molecule has 1 saturated carbocycles. The normalized spacial score (nSPS) is 24.0. The van der Waals surface area contributed by atoms with Gasteiger partial charge in [0.15, 0.2) is 0 Å². The fourth-order valence-electron chi connectivity index (χ4n) is 2.48. The zero-order chi connectivity index (χ0) is 11.8. The predicted octanol–water partition coefficient (Wildman–Crippen LogP) is 1.98. The van der Waals surface area contributed by atoms with Gasteiger partial charge in [0, 0.05) is 36.6 Å². The number of rotatable bonds is 3. The Morgan fingerprint density at radius 1 is 1.29 bits per heavy atom. The molecular formula is C12H20N4S. The third kappa shape index (κ3) is 2.45. The lowest BCUT2D eigenvalue weighted by Crippen LogP contribution is -2.39. The minimum absolute atomic E-state index is 0.327. The van der Waals surface area contributed by atoms with Crippen LogP contribution in [0.15, 0.2) is 0 Å². The Labute approximate surface area is 106 Å². The van der Waals surface area contributed by atoms with E-state index in [2.05, 4.69) is 21.2 Å². The van der Waals surface area contributed by atoms with Gasteiger partial charge in [0.25, 0.3) is 0 Å². The van der Waals surface area contributed by atoms with Gasteiger partial charge in [-0.2, -0.15) is 4.37 Å². The highest BCUT2D eigenvalue weighted by atomic mass is 32.1. The average Bonchev–Trinajstić information content (AvgIpc) is 3.07. The molecule has 0 bridgehead atoms. The van der Waals surface area contributed by atoms with Crippen LogP contribution in [0.3, 0.4) is 0 Å². The number of piperidine rings is 1. The summed E-state index contributed by atoms with van der Waals surface area (Å²) >= 11 is 1.57. The van der Waals surface area contributed by atoms with E-state index in [0.29, 0.717) is 17.9 Å². The molecule has 0 aromatic carbocycles. The van der Waals surface area contributed by atoms with Crippen LogP contribution in [0.4, 0.5) is 5.13 Å². The first-order valence-corrected chi connectivity index (χ1v) is 7.35. The first kappa shape index (κ1) is 11.4. The highest BCUT2D eigenvalue weighted by molar-refractivity contribution is 7.09. The highest BCUT2D eigenvalue weighted by Gasteiger charge is 2.29. The van der Waals surface area contributed by atoms with E-state index in [-0.39, 0.29) is 0 Å². The van der Waals surface area contributed by atoms with E-state index in [4.69, 9.17) is 5.73 Å². The Bertz CT molecular complexity index is 378. The van der Waals surface area contributed by atoms with E-state index in [1.54, 1.807) is 11.5 Å². The molecular weight excluding hydrogens is 232 g/mol. The average molecular weight is 252 g/mol. The van der Waals surface area contributed by atoms with Gasteiger partial charge in [-0.05, 0) is 38.5 Å². The van der Waals surface area contributed by atoms with Crippen molar-refractivity contribution in [3.63, 3.8) is 0 Å². The minimum Gasteiger partial charge on any atom is -0.347 e. The topological polar surface area (TPSA) is 55.0 Å². The fourth-order valence-corrected chi connectivity index (χ4v) is 3.28. The van der Waals surface area contributed by atoms with Crippen LogP contribution in [-0.4, -0.2) is 28.5 Å². The van der Waals surface area contributed by atoms with Crippen LogP contribution in [0.25, 0.3) is 0 Å². The highest BCUT2D eigenvalue weighted by Crippen LogP contribution is 2.40. The number of aromatic nitrogens is 2. The molecule has 2 heterocycles. The smallest absolute Gasteiger partial charge is 0.205 e. The predicted molar refractivity (Wildman–Crippen MR) is 70.5 cm³/mol. The summed E-state index contributed by atoms with van der Waals surface area (Å²) < 4.78 is 4.47. The molecule has 5 heteroatoms. The monoisotopic (exact) mass is 252 g/mol. The van der Waals surface area contributed by atoms with Gasteiger partial charge in [-0.1, -0.05) is 0 Å². The van der Waals surface area contributed by atoms with Gasteiger partial charge in [0.2, 0.25) is 5.13 Å². The molecule has 0 radical (unpaired) electrons. The van der Waals surface area contributed by atoms with Crippen LogP contribution in [0, 0.1) is 5.92 Å². The van der Waals surface area contributed by atoms with Crippen LogP contribution in [-0.2, 0) is 0 Å². The van der Waals surface area contributed by atoms with Crippen molar-refractivity contribution in [2.75, 3.05) is 18.0 Å². The Hall–Kier alpha value is -0.680. The van der Waals surface area contributed by atoms with Crippen molar-refractivity contribution in [3.05, 3.63) is 5.82 Å². The third-order valence-corrected chi connectivity index (χ3v) is 4.72. The number of hydrogen-bond donors (Lipinski definition) is 1. The van der Waals surface area contributed by atoms with Crippen LogP contribution < -0.4 is 10.6 Å². The van der Waals surface area contributed by atoms with E-state index < -0.39 is 0 Å². The zero-order valence-corrected chi connectivity index (χ0v) is 11.1. The van der Waals surface area contributed by atoms with Gasteiger partial charge in [0.05, 0.1) is 0 Å². The first-order chi connectivity index (χ1) is 8.24. The standard InChI is InChI=1S/C12H20N4S/c1-8(13)9-4-6-16(7-5-9)12-14-11(15-17-12)10-2-3-10/h8-10H,2-7,13H2,1H3. The summed E-state index contributed by atoms with van der Waals surface area (Å²) in [5.41, 5.74) is 5.96. The molecule has 0 amide bonds. The minimum atomic E-state index is 0.327. The van der Waals surface area contributed by atoms with E-state index >= 15 is 0 Å². The van der Waals surface area contributed by atoms with Crippen molar-refractivity contribution < 1.29 is 0 Å². The molecule has 17 heavy (non-hydrogen) atoms. The molecule has 2 fully saturated rings. The molecule has 3 rings (SSSR count). The fraction of sp³-hybridized carbons (Fsp3) is 0.833. The summed E-state index contributed by atoms with van der Waals surface area (Å²) in [7, 11) is 0. The second-order valence-electron chi connectivity index (χ2n) is 5.39. The number of nitrogens with two attached hydrogens (primary N) is 1. The van der Waals surface area contributed by atoms with Crippen LogP contribution >= 0.6 is 11.5 Å². The van der Waals surface area contributed by atoms with Gasteiger partial charge < -0.3 is 10.6 Å². The molecule has 94 valence electrons. The molecule has 1 aromatic heterocycles. The molecule has 2 aliphatic rings. The maximum atomic E-state index is 5.96. The lowest BCUT2D eigenvalue weighted by Gasteiger charge is -2.33. The van der Waals surface area contributed by atoms with E-state index in [1.165, 1.54) is 25.7 Å². The van der Waals surface area contributed by atoms with Crippen LogP contribution in [0.2, 0.25) is 0 Å². The molecule has 0 spiro atoms. The van der Waals surface area contributed by atoms with Crippen molar-refractivity contribution >= 4 is 16.7 Å². The Balaban J connectivity index is 1.61. The zero-order valence-electron chi connectivity index (χ0n) is 10.3. The molecule has 2 N–H and O–H groups in total. The molecule has 1 aliphatic heterocycles. The van der Waals surface area contributed by atoms with Gasteiger partial charge in [-0.25, -0.2) is 4.98 Å². The molecule has 1 unspecified atom stereocenters. The molecule has 1 aliphatic carbocycles. The second kappa shape index (κ2) is 4.53. The first-order valence-electron chi connectivity index (χ1n) is 6.58. The van der Waals surface area contributed by atoms with Crippen LogP contribution in [0.5, 0.6) is 0 Å². The lowest BCUT2D eigenvalue weighted by molar-refractivity contribution is 0.354. The number of nitrogens with zero attached hydrogens (tertiary/aromatic N) is 3. The quantitative estimate of drug-likeness (QED) is 0.893. The summed E-state index contributed by atoms with van der Waals surface area (Å²) in [5, 5.41) is 1.12. The van der Waals surface area contributed by atoms with E-state index in [1.807, 2.05) is 0 Å². The van der Waals surface area contributed by atoms with Crippen molar-refractivity contribution in [1.29, 1.82) is 0 Å². The summed E-state index contributed by atoms with van der Waals surface area (Å²) in [5.74, 6) is 2.43. The summed E-state index contributed by atoms with van der Waals surface area (Å²) in [4.78, 5) is 7.05. The second-order valence-corrected chi connectivity index (χ2v) is 6.12. The SMILES string of the molecule is CC(N)C1CCN(c2nc(C3CC3)ns2)CC1. The summed E-state index contributed by atoms with van der Waals surface area (Å²) in [6.45, 7) is 4.30. The third-order valence-electron chi connectivity index (χ3n) is 3.93. The summed E-state index contributed by atoms with van der Waals surface area (Å²) in [6, 6.07) is 0.327. The largest absolute Gasteiger partial charge is 0.347 e. The van der Waals surface area contributed by atoms with Crippen molar-refractivity contribution in [3.8, 4) is 0 Å². The van der Waals surface area contributed by atoms with E-state index in [0.717, 1.165) is 24.0 Å². The molecule has 4 nitrogen and oxygen atoms in total. The van der Waals surface area contributed by atoms with E-state index in [9.17, 15) is 0 Å².